The Morgan fingerprint density at radius 2 is 2.35 bits per heavy atom. The van der Waals surface area contributed by atoms with Gasteiger partial charge in [-0.1, -0.05) is 5.21 Å². The van der Waals surface area contributed by atoms with Crippen molar-refractivity contribution < 1.29 is 4.79 Å². The molecular weight excluding hydrogens is 222 g/mol. The van der Waals surface area contributed by atoms with Crippen LogP contribution in [0.5, 0.6) is 0 Å². The van der Waals surface area contributed by atoms with Gasteiger partial charge in [0, 0.05) is 18.9 Å². The number of nitrogens with two attached hydrogens (primary N) is 1. The first-order chi connectivity index (χ1) is 8.20. The molecule has 0 bridgehead atoms. The minimum atomic E-state index is -0.449. The topological polar surface area (TPSA) is 104 Å². The van der Waals surface area contributed by atoms with Gasteiger partial charge in [-0.3, -0.25) is 10.2 Å². The van der Waals surface area contributed by atoms with Crippen LogP contribution in [0.25, 0.3) is 0 Å². The molecule has 0 aliphatic rings. The van der Waals surface area contributed by atoms with E-state index >= 15 is 0 Å². The van der Waals surface area contributed by atoms with Crippen molar-refractivity contribution in [2.45, 2.75) is 20.0 Å². The second-order valence-electron chi connectivity index (χ2n) is 3.51. The highest BCUT2D eigenvalue weighted by Crippen LogP contribution is 1.97. The minimum absolute atomic E-state index is 0.204. The lowest BCUT2D eigenvalue weighted by atomic mass is 10.4. The van der Waals surface area contributed by atoms with Crippen LogP contribution in [0, 0.1) is 6.92 Å². The highest BCUT2D eigenvalue weighted by Gasteiger charge is 2.08. The zero-order valence-electron chi connectivity index (χ0n) is 9.37. The summed E-state index contributed by atoms with van der Waals surface area (Å²) in [6.07, 6.45) is 5.18. The Kier molecular flexibility index (Phi) is 3.15. The minimum Gasteiger partial charge on any atom is -0.333 e. The number of amides is 1. The summed E-state index contributed by atoms with van der Waals surface area (Å²) in [5, 5.41) is 7.54. The van der Waals surface area contributed by atoms with E-state index in [0.717, 1.165) is 12.4 Å². The number of rotatable bonds is 4. The van der Waals surface area contributed by atoms with Crippen LogP contribution in [0.2, 0.25) is 0 Å². The van der Waals surface area contributed by atoms with E-state index in [1.807, 2.05) is 23.1 Å². The number of imidazole rings is 1. The normalized spacial score (nSPS) is 10.5. The Morgan fingerprint density at radius 1 is 1.53 bits per heavy atom. The van der Waals surface area contributed by atoms with Gasteiger partial charge in [0.15, 0.2) is 5.69 Å². The predicted octanol–water partition coefficient (Wildman–Crippen LogP) is -0.913. The summed E-state index contributed by atoms with van der Waals surface area (Å²) in [7, 11) is 0. The van der Waals surface area contributed by atoms with Crippen molar-refractivity contribution in [3.8, 4) is 0 Å². The van der Waals surface area contributed by atoms with Crippen LogP contribution in [0.15, 0.2) is 18.6 Å². The lowest BCUT2D eigenvalue weighted by Gasteiger charge is -2.03. The molecule has 0 aliphatic heterocycles. The van der Waals surface area contributed by atoms with Gasteiger partial charge >= 0.3 is 0 Å². The number of nitrogens with one attached hydrogen (secondary N) is 1. The first kappa shape index (κ1) is 11.3. The van der Waals surface area contributed by atoms with E-state index < -0.39 is 5.91 Å². The summed E-state index contributed by atoms with van der Waals surface area (Å²) in [6, 6.07) is 0. The van der Waals surface area contributed by atoms with E-state index in [-0.39, 0.29) is 5.69 Å². The van der Waals surface area contributed by atoms with Gasteiger partial charge in [0.25, 0.3) is 5.91 Å². The van der Waals surface area contributed by atoms with Crippen LogP contribution in [0.3, 0.4) is 0 Å². The molecule has 0 aliphatic carbocycles. The van der Waals surface area contributed by atoms with Gasteiger partial charge in [0.2, 0.25) is 0 Å². The molecule has 3 N–H and O–H groups in total. The number of carbonyl (C=O) groups excluding carboxylic acids is 1. The van der Waals surface area contributed by atoms with Crippen molar-refractivity contribution in [1.29, 1.82) is 0 Å². The summed E-state index contributed by atoms with van der Waals surface area (Å²) in [4.78, 5) is 15.3. The van der Waals surface area contributed by atoms with E-state index in [2.05, 4.69) is 15.3 Å². The van der Waals surface area contributed by atoms with Crippen LogP contribution < -0.4 is 11.3 Å². The Labute approximate surface area is 97.4 Å². The first-order valence-corrected chi connectivity index (χ1v) is 5.09. The standard InChI is InChI=1S/C9H13N7O/c1-7-11-2-3-15(7)4-5-16-6-8(13-14-16)9(17)12-10/h2-3,6H,4-5,10H2,1H3,(H,12,17). The van der Waals surface area contributed by atoms with E-state index in [4.69, 9.17) is 5.84 Å². The molecule has 8 heteroatoms. The third kappa shape index (κ3) is 2.48. The molecule has 0 radical (unpaired) electrons. The average Bonchev–Trinajstić information content (AvgIpc) is 2.94. The highest BCUT2D eigenvalue weighted by molar-refractivity contribution is 5.91. The fourth-order valence-electron chi connectivity index (χ4n) is 1.44. The number of carbonyl (C=O) groups is 1. The Morgan fingerprint density at radius 3 is 3.00 bits per heavy atom. The smallest absolute Gasteiger partial charge is 0.287 e. The molecule has 90 valence electrons. The zero-order valence-corrected chi connectivity index (χ0v) is 9.37. The van der Waals surface area contributed by atoms with Crippen molar-refractivity contribution in [2.75, 3.05) is 0 Å². The third-order valence-corrected chi connectivity index (χ3v) is 2.40. The van der Waals surface area contributed by atoms with E-state index in [1.54, 1.807) is 17.1 Å². The fourth-order valence-corrected chi connectivity index (χ4v) is 1.44. The molecule has 0 saturated carbocycles. The zero-order chi connectivity index (χ0) is 12.3. The van der Waals surface area contributed by atoms with E-state index in [9.17, 15) is 4.79 Å². The molecule has 0 fully saturated rings. The summed E-state index contributed by atoms with van der Waals surface area (Å²) in [6.45, 7) is 3.26. The number of aryl methyl sites for hydroxylation is 3. The van der Waals surface area contributed by atoms with Crippen LogP contribution in [0.4, 0.5) is 0 Å². The third-order valence-electron chi connectivity index (χ3n) is 2.40. The number of hydrogen-bond donors (Lipinski definition) is 2. The average molecular weight is 235 g/mol. The van der Waals surface area contributed by atoms with Gasteiger partial charge < -0.3 is 4.57 Å². The highest BCUT2D eigenvalue weighted by atomic mass is 16.2. The lowest BCUT2D eigenvalue weighted by molar-refractivity contribution is 0.0948. The van der Waals surface area contributed by atoms with Crippen molar-refractivity contribution >= 4 is 5.91 Å². The Hall–Kier alpha value is -2.22. The molecule has 0 saturated heterocycles. The maximum Gasteiger partial charge on any atom is 0.287 e. The quantitative estimate of drug-likeness (QED) is 0.405. The molecule has 0 spiro atoms. The first-order valence-electron chi connectivity index (χ1n) is 5.09. The maximum atomic E-state index is 11.1. The lowest BCUT2D eigenvalue weighted by Crippen LogP contribution is -2.30. The molecule has 0 aromatic carbocycles. The van der Waals surface area contributed by atoms with Crippen molar-refractivity contribution in [2.24, 2.45) is 5.84 Å². The largest absolute Gasteiger partial charge is 0.333 e. The second kappa shape index (κ2) is 4.74. The molecule has 0 unspecified atom stereocenters. The fraction of sp³-hybridized carbons (Fsp3) is 0.333. The van der Waals surface area contributed by atoms with Gasteiger partial charge in [0.05, 0.1) is 12.7 Å². The van der Waals surface area contributed by atoms with Crippen molar-refractivity contribution in [3.63, 3.8) is 0 Å². The number of hydrogen-bond acceptors (Lipinski definition) is 5. The van der Waals surface area contributed by atoms with E-state index in [1.165, 1.54) is 0 Å². The predicted molar refractivity (Wildman–Crippen MR) is 58.6 cm³/mol. The Bertz CT molecular complexity index is 515. The van der Waals surface area contributed by atoms with Crippen LogP contribution in [0.1, 0.15) is 16.3 Å². The maximum absolute atomic E-state index is 11.1. The summed E-state index contributed by atoms with van der Waals surface area (Å²) >= 11 is 0. The van der Waals surface area contributed by atoms with E-state index in [0.29, 0.717) is 6.54 Å². The van der Waals surface area contributed by atoms with Gasteiger partial charge in [0.1, 0.15) is 5.82 Å². The molecule has 0 atom stereocenters. The monoisotopic (exact) mass is 235 g/mol. The molecule has 1 amide bonds. The molecule has 17 heavy (non-hydrogen) atoms. The van der Waals surface area contributed by atoms with Crippen molar-refractivity contribution in [3.05, 3.63) is 30.1 Å². The molecular formula is C9H13N7O. The van der Waals surface area contributed by atoms with Crippen LogP contribution >= 0.6 is 0 Å². The number of hydrazine groups is 1. The molecule has 2 rings (SSSR count). The molecule has 8 nitrogen and oxygen atoms in total. The van der Waals surface area contributed by atoms with Crippen LogP contribution in [-0.4, -0.2) is 30.5 Å². The SMILES string of the molecule is Cc1nccn1CCn1cc(C(=O)NN)nn1. The molecule has 2 heterocycles. The molecule has 2 aromatic rings. The van der Waals surface area contributed by atoms with Gasteiger partial charge in [-0.05, 0) is 6.92 Å². The number of nitrogens with zero attached hydrogens (tertiary/aromatic N) is 5. The van der Waals surface area contributed by atoms with Gasteiger partial charge in [-0.15, -0.1) is 5.10 Å². The number of aromatic nitrogens is 5. The molecule has 2 aromatic heterocycles. The van der Waals surface area contributed by atoms with Crippen LogP contribution in [-0.2, 0) is 13.1 Å². The summed E-state index contributed by atoms with van der Waals surface area (Å²) < 4.78 is 3.58. The summed E-state index contributed by atoms with van der Waals surface area (Å²) in [5.74, 6) is 5.48. The summed E-state index contributed by atoms with van der Waals surface area (Å²) in [5.41, 5.74) is 2.21. The second-order valence-corrected chi connectivity index (χ2v) is 3.51. The Balaban J connectivity index is 1.98. The van der Waals surface area contributed by atoms with Gasteiger partial charge in [-0.25, -0.2) is 15.5 Å². The number of nitrogen functional groups attached to an aromatic ring is 1. The van der Waals surface area contributed by atoms with Gasteiger partial charge in [-0.2, -0.15) is 0 Å². The van der Waals surface area contributed by atoms with Crippen molar-refractivity contribution in [1.82, 2.24) is 30.0 Å².